The third-order valence-electron chi connectivity index (χ3n) is 5.38. The van der Waals surface area contributed by atoms with E-state index in [1.54, 1.807) is 30.6 Å². The molecule has 1 atom stereocenters. The van der Waals surface area contributed by atoms with Crippen LogP contribution in [-0.2, 0) is 16.1 Å². The summed E-state index contributed by atoms with van der Waals surface area (Å²) in [4.78, 5) is 32.7. The van der Waals surface area contributed by atoms with Crippen LogP contribution in [0.5, 0.6) is 5.75 Å². The number of rotatable bonds is 5. The fraction of sp³-hybridized carbons (Fsp3) is 0.208. The van der Waals surface area contributed by atoms with Gasteiger partial charge in [-0.3, -0.25) is 14.6 Å². The highest BCUT2D eigenvalue weighted by Crippen LogP contribution is 2.44. The van der Waals surface area contributed by atoms with E-state index >= 15 is 0 Å². The summed E-state index contributed by atoms with van der Waals surface area (Å²) in [6.07, 6.45) is 3.32. The molecule has 1 aliphatic heterocycles. The monoisotopic (exact) mass is 434 g/mol. The Labute approximate surface area is 184 Å². The van der Waals surface area contributed by atoms with Crippen LogP contribution >= 0.6 is 11.3 Å². The number of thiophene rings is 1. The van der Waals surface area contributed by atoms with Gasteiger partial charge in [-0.25, -0.2) is 0 Å². The lowest BCUT2D eigenvalue weighted by atomic mass is 9.97. The molecule has 1 N–H and O–H groups in total. The van der Waals surface area contributed by atoms with Crippen LogP contribution in [0, 0.1) is 13.8 Å². The second kappa shape index (κ2) is 8.35. The molecule has 1 saturated heterocycles. The third-order valence-corrected chi connectivity index (χ3v) is 6.45. The second-order valence-corrected chi connectivity index (χ2v) is 8.41. The Morgan fingerprint density at radius 2 is 2.03 bits per heavy atom. The van der Waals surface area contributed by atoms with E-state index in [9.17, 15) is 14.7 Å². The minimum atomic E-state index is -0.706. The van der Waals surface area contributed by atoms with Gasteiger partial charge in [0.25, 0.3) is 11.7 Å². The molecule has 3 heterocycles. The predicted molar refractivity (Wildman–Crippen MR) is 119 cm³/mol. The second-order valence-electron chi connectivity index (χ2n) is 7.46. The Balaban J connectivity index is 1.91. The molecule has 4 rings (SSSR count). The zero-order valence-corrected chi connectivity index (χ0v) is 18.3. The van der Waals surface area contributed by atoms with Gasteiger partial charge in [-0.1, -0.05) is 17.7 Å². The van der Waals surface area contributed by atoms with Gasteiger partial charge in [0.2, 0.25) is 0 Å². The van der Waals surface area contributed by atoms with Crippen LogP contribution in [0.4, 0.5) is 0 Å². The number of ether oxygens (including phenoxy) is 1. The predicted octanol–water partition coefficient (Wildman–Crippen LogP) is 4.39. The molecule has 7 heteroatoms. The molecule has 0 aliphatic carbocycles. The highest BCUT2D eigenvalue weighted by Gasteiger charge is 2.47. The number of aryl methyl sites for hydroxylation is 2. The molecule has 1 aliphatic rings. The van der Waals surface area contributed by atoms with Gasteiger partial charge in [-0.15, -0.1) is 11.3 Å². The minimum absolute atomic E-state index is 0.0725. The van der Waals surface area contributed by atoms with E-state index in [0.717, 1.165) is 21.6 Å². The molecule has 0 spiro atoms. The molecule has 1 aromatic carbocycles. The molecular formula is C24H22N2O4S. The van der Waals surface area contributed by atoms with Crippen molar-refractivity contribution in [2.24, 2.45) is 0 Å². The van der Waals surface area contributed by atoms with E-state index in [2.05, 4.69) is 4.98 Å². The molecule has 158 valence electrons. The number of Topliss-reactive ketones (excluding diaryl/α,β-unsaturated/α-hetero) is 1. The molecule has 31 heavy (non-hydrogen) atoms. The Kier molecular flexibility index (Phi) is 5.61. The van der Waals surface area contributed by atoms with Crippen molar-refractivity contribution in [2.75, 3.05) is 7.11 Å². The zero-order valence-electron chi connectivity index (χ0n) is 17.5. The SMILES string of the molecule is COc1ccc(C)cc1/C(O)=C1\C(=O)C(=O)N(Cc2cccnc2)C1c1sccc1C. The van der Waals surface area contributed by atoms with Gasteiger partial charge < -0.3 is 14.7 Å². The number of aliphatic hydroxyl groups is 1. The van der Waals surface area contributed by atoms with Crippen LogP contribution < -0.4 is 4.74 Å². The molecule has 1 unspecified atom stereocenters. The Morgan fingerprint density at radius 3 is 2.68 bits per heavy atom. The van der Waals surface area contributed by atoms with E-state index in [1.165, 1.54) is 23.3 Å². The van der Waals surface area contributed by atoms with Crippen LogP contribution in [0.25, 0.3) is 5.76 Å². The van der Waals surface area contributed by atoms with Crippen molar-refractivity contribution in [3.8, 4) is 5.75 Å². The molecule has 3 aromatic rings. The van der Waals surface area contributed by atoms with E-state index in [4.69, 9.17) is 4.74 Å². The van der Waals surface area contributed by atoms with Gasteiger partial charge in [0.05, 0.1) is 18.2 Å². The fourth-order valence-electron chi connectivity index (χ4n) is 3.82. The van der Waals surface area contributed by atoms with Crippen molar-refractivity contribution in [3.05, 3.63) is 86.9 Å². The van der Waals surface area contributed by atoms with Gasteiger partial charge in [-0.2, -0.15) is 0 Å². The van der Waals surface area contributed by atoms with Crippen LogP contribution in [0.3, 0.4) is 0 Å². The van der Waals surface area contributed by atoms with E-state index in [-0.39, 0.29) is 17.9 Å². The van der Waals surface area contributed by atoms with Crippen LogP contribution in [-0.4, -0.2) is 33.8 Å². The molecule has 6 nitrogen and oxygen atoms in total. The molecule has 0 radical (unpaired) electrons. The first-order chi connectivity index (χ1) is 14.9. The number of likely N-dealkylation sites (tertiary alicyclic amines) is 1. The Bertz CT molecular complexity index is 1180. The Morgan fingerprint density at radius 1 is 1.23 bits per heavy atom. The maximum absolute atomic E-state index is 13.2. The molecule has 2 aromatic heterocycles. The first-order valence-corrected chi connectivity index (χ1v) is 10.7. The quantitative estimate of drug-likeness (QED) is 0.366. The number of aliphatic hydroxyl groups excluding tert-OH is 1. The number of benzene rings is 1. The van der Waals surface area contributed by atoms with E-state index in [1.807, 2.05) is 37.4 Å². The lowest BCUT2D eigenvalue weighted by molar-refractivity contribution is -0.140. The number of amides is 1. The van der Waals surface area contributed by atoms with Crippen molar-refractivity contribution >= 4 is 28.8 Å². The number of aromatic nitrogens is 1. The van der Waals surface area contributed by atoms with Crippen LogP contribution in [0.2, 0.25) is 0 Å². The van der Waals surface area contributed by atoms with Gasteiger partial charge in [0.1, 0.15) is 17.6 Å². The summed E-state index contributed by atoms with van der Waals surface area (Å²) in [7, 11) is 1.50. The van der Waals surface area contributed by atoms with Crippen molar-refractivity contribution in [3.63, 3.8) is 0 Å². The van der Waals surface area contributed by atoms with Crippen molar-refractivity contribution in [2.45, 2.75) is 26.4 Å². The summed E-state index contributed by atoms with van der Waals surface area (Å²) in [6, 6.07) is 10.2. The number of pyridine rings is 1. The van der Waals surface area contributed by atoms with Crippen molar-refractivity contribution < 1.29 is 19.4 Å². The van der Waals surface area contributed by atoms with Crippen molar-refractivity contribution in [1.82, 2.24) is 9.88 Å². The summed E-state index contributed by atoms with van der Waals surface area (Å²) < 4.78 is 5.41. The summed E-state index contributed by atoms with van der Waals surface area (Å²) in [5, 5.41) is 13.2. The van der Waals surface area contributed by atoms with Crippen LogP contribution in [0.15, 0.2) is 59.7 Å². The largest absolute Gasteiger partial charge is 0.507 e. The number of methoxy groups -OCH3 is 1. The fourth-order valence-corrected chi connectivity index (χ4v) is 4.87. The number of hydrogen-bond acceptors (Lipinski definition) is 6. The maximum Gasteiger partial charge on any atom is 0.295 e. The van der Waals surface area contributed by atoms with Crippen LogP contribution in [0.1, 0.15) is 33.2 Å². The normalized spacial score (nSPS) is 17.9. The zero-order chi connectivity index (χ0) is 22.1. The maximum atomic E-state index is 13.2. The Hall–Kier alpha value is -3.45. The molecule has 1 amide bonds. The van der Waals surface area contributed by atoms with Gasteiger partial charge in [0.15, 0.2) is 0 Å². The lowest BCUT2D eigenvalue weighted by Crippen LogP contribution is -2.29. The number of carbonyl (C=O) groups excluding carboxylic acids is 2. The first-order valence-electron chi connectivity index (χ1n) is 9.78. The highest BCUT2D eigenvalue weighted by molar-refractivity contribution is 7.10. The van der Waals surface area contributed by atoms with Crippen molar-refractivity contribution in [1.29, 1.82) is 0 Å². The summed E-state index contributed by atoms with van der Waals surface area (Å²) >= 11 is 1.46. The number of ketones is 1. The highest BCUT2D eigenvalue weighted by atomic mass is 32.1. The number of hydrogen-bond donors (Lipinski definition) is 1. The van der Waals surface area contributed by atoms with Gasteiger partial charge in [0, 0.05) is 23.8 Å². The number of carbonyl (C=O) groups is 2. The molecule has 1 fully saturated rings. The summed E-state index contributed by atoms with van der Waals surface area (Å²) in [5.41, 5.74) is 3.12. The lowest BCUT2D eigenvalue weighted by Gasteiger charge is -2.25. The molecular weight excluding hydrogens is 412 g/mol. The average Bonchev–Trinajstić information content (AvgIpc) is 3.30. The third kappa shape index (κ3) is 3.72. The standard InChI is InChI=1S/C24H22N2O4S/c1-14-6-7-18(30-3)17(11-14)21(27)19-20(23-15(2)8-10-31-23)26(24(29)22(19)28)13-16-5-4-9-25-12-16/h4-12,20,27H,13H2,1-3H3/b21-19+. The first kappa shape index (κ1) is 20.8. The summed E-state index contributed by atoms with van der Waals surface area (Å²) in [6.45, 7) is 4.03. The average molecular weight is 435 g/mol. The topological polar surface area (TPSA) is 79.7 Å². The molecule has 0 bridgehead atoms. The van der Waals surface area contributed by atoms with Gasteiger partial charge in [-0.05, 0) is 54.6 Å². The number of nitrogens with zero attached hydrogens (tertiary/aromatic N) is 2. The van der Waals surface area contributed by atoms with Gasteiger partial charge >= 0.3 is 0 Å². The smallest absolute Gasteiger partial charge is 0.295 e. The van der Waals surface area contributed by atoms with E-state index in [0.29, 0.717) is 11.3 Å². The summed E-state index contributed by atoms with van der Waals surface area (Å²) in [5.74, 6) is -1.15. The van der Waals surface area contributed by atoms with E-state index < -0.39 is 17.7 Å². The molecule has 0 saturated carbocycles. The minimum Gasteiger partial charge on any atom is -0.507 e.